The van der Waals surface area contributed by atoms with Crippen LogP contribution in [0.1, 0.15) is 50.0 Å². The van der Waals surface area contributed by atoms with Gasteiger partial charge >= 0.3 is 0 Å². The maximum absolute atomic E-state index is 12.2. The van der Waals surface area contributed by atoms with Crippen molar-refractivity contribution in [3.8, 4) is 0 Å². The molecular formula is C21H25N3O2S. The molecule has 0 unspecified atom stereocenters. The molecule has 4 saturated carbocycles. The van der Waals surface area contributed by atoms with Crippen molar-refractivity contribution in [3.63, 3.8) is 0 Å². The van der Waals surface area contributed by atoms with E-state index in [1.807, 2.05) is 0 Å². The highest BCUT2D eigenvalue weighted by molar-refractivity contribution is 7.99. The molecule has 1 aromatic heterocycles. The van der Waals surface area contributed by atoms with Gasteiger partial charge < -0.3 is 9.73 Å². The van der Waals surface area contributed by atoms with Crippen LogP contribution < -0.4 is 5.32 Å². The van der Waals surface area contributed by atoms with Gasteiger partial charge in [0.05, 0.1) is 5.75 Å². The highest BCUT2D eigenvalue weighted by Crippen LogP contribution is 2.60. The molecule has 27 heavy (non-hydrogen) atoms. The van der Waals surface area contributed by atoms with Crippen molar-refractivity contribution in [2.45, 2.75) is 56.1 Å². The van der Waals surface area contributed by atoms with E-state index in [4.69, 9.17) is 4.42 Å². The average Bonchev–Trinajstić information content (AvgIpc) is 3.05. The summed E-state index contributed by atoms with van der Waals surface area (Å²) in [6.07, 6.45) is 8.49. The standard InChI is InChI=1S/C21H25N3O2S/c1-13-23-24-20(26-13)27-12-19(25)22-18-4-2-17(3-5-18)21-9-14-6-15(10-21)8-16(7-14)11-21/h2-5,14-16H,6-12H2,1H3,(H,22,25). The molecule has 142 valence electrons. The molecule has 0 atom stereocenters. The minimum Gasteiger partial charge on any atom is -0.416 e. The molecule has 0 aliphatic heterocycles. The second-order valence-electron chi connectivity index (χ2n) is 8.70. The van der Waals surface area contributed by atoms with E-state index in [0.29, 0.717) is 16.5 Å². The van der Waals surface area contributed by atoms with Crippen LogP contribution in [0.4, 0.5) is 5.69 Å². The van der Waals surface area contributed by atoms with Crippen molar-refractivity contribution in [1.29, 1.82) is 0 Å². The first-order chi connectivity index (χ1) is 13.1. The number of thioether (sulfide) groups is 1. The predicted molar refractivity (Wildman–Crippen MR) is 105 cm³/mol. The number of carbonyl (C=O) groups excluding carboxylic acids is 1. The number of aromatic nitrogens is 2. The van der Waals surface area contributed by atoms with E-state index in [1.54, 1.807) is 6.92 Å². The van der Waals surface area contributed by atoms with Gasteiger partial charge in [0.25, 0.3) is 5.22 Å². The van der Waals surface area contributed by atoms with Gasteiger partial charge in [-0.3, -0.25) is 4.79 Å². The summed E-state index contributed by atoms with van der Waals surface area (Å²) in [5.74, 6) is 3.55. The molecule has 1 amide bonds. The van der Waals surface area contributed by atoms with Gasteiger partial charge in [0.2, 0.25) is 11.8 Å². The number of carbonyl (C=O) groups is 1. The highest BCUT2D eigenvalue weighted by Gasteiger charge is 2.51. The second kappa shape index (κ2) is 6.66. The third-order valence-corrected chi connectivity index (χ3v) is 7.47. The molecule has 4 aliphatic carbocycles. The van der Waals surface area contributed by atoms with Gasteiger partial charge in [-0.2, -0.15) is 0 Å². The maximum Gasteiger partial charge on any atom is 0.277 e. The number of anilines is 1. The van der Waals surface area contributed by atoms with E-state index < -0.39 is 0 Å². The Morgan fingerprint density at radius 3 is 2.30 bits per heavy atom. The van der Waals surface area contributed by atoms with E-state index in [9.17, 15) is 4.79 Å². The van der Waals surface area contributed by atoms with Crippen molar-refractivity contribution < 1.29 is 9.21 Å². The first kappa shape index (κ1) is 17.3. The van der Waals surface area contributed by atoms with Gasteiger partial charge in [-0.05, 0) is 79.4 Å². The van der Waals surface area contributed by atoms with Crippen LogP contribution in [-0.4, -0.2) is 21.9 Å². The normalized spacial score (nSPS) is 31.2. The lowest BCUT2D eigenvalue weighted by Gasteiger charge is -2.57. The fourth-order valence-electron chi connectivity index (χ4n) is 6.03. The van der Waals surface area contributed by atoms with Crippen molar-refractivity contribution in [2.75, 3.05) is 11.1 Å². The minimum absolute atomic E-state index is 0.0570. The summed E-state index contributed by atoms with van der Waals surface area (Å²) >= 11 is 1.26. The van der Waals surface area contributed by atoms with Gasteiger partial charge in [0, 0.05) is 12.6 Å². The van der Waals surface area contributed by atoms with Gasteiger partial charge in [-0.25, -0.2) is 0 Å². The number of hydrogen-bond donors (Lipinski definition) is 1. The molecule has 4 aliphatic rings. The number of nitrogens with zero attached hydrogens (tertiary/aromatic N) is 2. The van der Waals surface area contributed by atoms with Crippen LogP contribution in [-0.2, 0) is 10.2 Å². The summed E-state index contributed by atoms with van der Waals surface area (Å²) in [6.45, 7) is 1.74. The Balaban J connectivity index is 1.22. The number of rotatable bonds is 5. The molecule has 1 aromatic carbocycles. The first-order valence-corrected chi connectivity index (χ1v) is 10.9. The Morgan fingerprint density at radius 2 is 1.74 bits per heavy atom. The Bertz CT molecular complexity index is 810. The minimum atomic E-state index is -0.0570. The monoisotopic (exact) mass is 383 g/mol. The van der Waals surface area contributed by atoms with E-state index in [1.165, 1.54) is 55.9 Å². The van der Waals surface area contributed by atoms with Crippen molar-refractivity contribution >= 4 is 23.4 Å². The average molecular weight is 384 g/mol. The van der Waals surface area contributed by atoms with Crippen LogP contribution in [0.3, 0.4) is 0 Å². The van der Waals surface area contributed by atoms with Crippen LogP contribution in [0.2, 0.25) is 0 Å². The van der Waals surface area contributed by atoms with Crippen molar-refractivity contribution in [3.05, 3.63) is 35.7 Å². The number of nitrogens with one attached hydrogen (secondary N) is 1. The predicted octanol–water partition coefficient (Wildman–Crippen LogP) is 4.58. The summed E-state index contributed by atoms with van der Waals surface area (Å²) < 4.78 is 5.28. The van der Waals surface area contributed by atoms with Gasteiger partial charge in [0.1, 0.15) is 0 Å². The summed E-state index contributed by atoms with van der Waals surface area (Å²) in [6, 6.07) is 8.62. The Morgan fingerprint density at radius 1 is 1.11 bits per heavy atom. The molecule has 1 N–H and O–H groups in total. The SMILES string of the molecule is Cc1nnc(SCC(=O)Nc2ccc(C34CC5CC(CC(C5)C3)C4)cc2)o1. The topological polar surface area (TPSA) is 68.0 Å². The van der Waals surface area contributed by atoms with E-state index in [0.717, 1.165) is 23.4 Å². The van der Waals surface area contributed by atoms with E-state index >= 15 is 0 Å². The van der Waals surface area contributed by atoms with Gasteiger partial charge in [0.15, 0.2) is 0 Å². The van der Waals surface area contributed by atoms with Crippen LogP contribution in [0, 0.1) is 24.7 Å². The summed E-state index contributed by atoms with van der Waals surface area (Å²) in [5, 5.41) is 11.1. The molecular weight excluding hydrogens is 358 g/mol. The molecule has 0 radical (unpaired) electrons. The summed E-state index contributed by atoms with van der Waals surface area (Å²) in [5.41, 5.74) is 2.74. The van der Waals surface area contributed by atoms with Crippen LogP contribution in [0.15, 0.2) is 33.9 Å². The van der Waals surface area contributed by atoms with E-state index in [2.05, 4.69) is 39.8 Å². The molecule has 1 heterocycles. The molecule has 5 nitrogen and oxygen atoms in total. The molecule has 4 fully saturated rings. The third-order valence-electron chi connectivity index (χ3n) is 6.65. The van der Waals surface area contributed by atoms with Crippen LogP contribution in [0.25, 0.3) is 0 Å². The third kappa shape index (κ3) is 3.40. The second-order valence-corrected chi connectivity index (χ2v) is 9.63. The maximum atomic E-state index is 12.2. The van der Waals surface area contributed by atoms with Crippen molar-refractivity contribution in [2.24, 2.45) is 17.8 Å². The smallest absolute Gasteiger partial charge is 0.277 e. The van der Waals surface area contributed by atoms with Gasteiger partial charge in [-0.15, -0.1) is 10.2 Å². The fraction of sp³-hybridized carbons (Fsp3) is 0.571. The fourth-order valence-corrected chi connectivity index (χ4v) is 6.64. The summed E-state index contributed by atoms with van der Waals surface area (Å²) in [7, 11) is 0. The quantitative estimate of drug-likeness (QED) is 0.766. The molecule has 2 aromatic rings. The van der Waals surface area contributed by atoms with Crippen LogP contribution in [0.5, 0.6) is 0 Å². The van der Waals surface area contributed by atoms with Crippen molar-refractivity contribution in [1.82, 2.24) is 10.2 Å². The lowest BCUT2D eigenvalue weighted by Crippen LogP contribution is -2.48. The zero-order valence-electron chi connectivity index (χ0n) is 15.6. The van der Waals surface area contributed by atoms with E-state index in [-0.39, 0.29) is 11.7 Å². The zero-order chi connectivity index (χ0) is 18.4. The Labute approximate surface area is 163 Å². The number of hydrogen-bond acceptors (Lipinski definition) is 5. The highest BCUT2D eigenvalue weighted by atomic mass is 32.2. The van der Waals surface area contributed by atoms with Gasteiger partial charge in [-0.1, -0.05) is 23.9 Å². The first-order valence-electron chi connectivity index (χ1n) is 9.91. The molecule has 4 bridgehead atoms. The Hall–Kier alpha value is -1.82. The number of aryl methyl sites for hydroxylation is 1. The molecule has 0 spiro atoms. The lowest BCUT2D eigenvalue weighted by molar-refractivity contribution is -0.113. The lowest BCUT2D eigenvalue weighted by atomic mass is 9.48. The molecule has 6 heteroatoms. The summed E-state index contributed by atoms with van der Waals surface area (Å²) in [4.78, 5) is 12.2. The number of benzene rings is 1. The zero-order valence-corrected chi connectivity index (χ0v) is 16.4. The molecule has 6 rings (SSSR count). The number of amides is 1. The largest absolute Gasteiger partial charge is 0.416 e. The van der Waals surface area contributed by atoms with Crippen LogP contribution >= 0.6 is 11.8 Å². The molecule has 0 saturated heterocycles. The Kier molecular flexibility index (Phi) is 4.26.